The second-order valence-corrected chi connectivity index (χ2v) is 8.24. The van der Waals surface area contributed by atoms with Crippen LogP contribution >= 0.6 is 11.8 Å². The molecule has 4 nitrogen and oxygen atoms in total. The molecule has 1 aliphatic heterocycles. The lowest BCUT2D eigenvalue weighted by molar-refractivity contribution is -0.133. The molecule has 1 N–H and O–H groups in total. The molecule has 2 aliphatic rings. The minimum absolute atomic E-state index is 0.157. The molecule has 1 fully saturated rings. The summed E-state index contributed by atoms with van der Waals surface area (Å²) in [7, 11) is 0. The normalized spacial score (nSPS) is 16.1. The molecule has 5 heteroatoms. The molecule has 0 saturated heterocycles. The fraction of sp³-hybridized carbons (Fsp3) is 0.304. The Balaban J connectivity index is 1.39. The molecule has 0 aromatic heterocycles. The molecule has 0 radical (unpaired) electrons. The molecule has 144 valence electrons. The fourth-order valence-electron chi connectivity index (χ4n) is 3.48. The van der Waals surface area contributed by atoms with Gasteiger partial charge in [-0.2, -0.15) is 0 Å². The lowest BCUT2D eigenvalue weighted by Gasteiger charge is -2.29. The van der Waals surface area contributed by atoms with Crippen molar-refractivity contribution >= 4 is 35.3 Å². The van der Waals surface area contributed by atoms with E-state index in [0.717, 1.165) is 42.6 Å². The zero-order chi connectivity index (χ0) is 19.5. The van der Waals surface area contributed by atoms with Crippen LogP contribution in [0.4, 0.5) is 5.69 Å². The van der Waals surface area contributed by atoms with Crippen LogP contribution in [-0.4, -0.2) is 29.5 Å². The van der Waals surface area contributed by atoms with Crippen LogP contribution in [0.25, 0.3) is 6.08 Å². The Bertz CT molecular complexity index is 917. The highest BCUT2D eigenvalue weighted by atomic mass is 32.2. The van der Waals surface area contributed by atoms with Gasteiger partial charge < -0.3 is 10.2 Å². The van der Waals surface area contributed by atoms with E-state index in [1.54, 1.807) is 17.8 Å². The number of anilines is 1. The van der Waals surface area contributed by atoms with Crippen molar-refractivity contribution in [3.8, 4) is 0 Å². The Labute approximate surface area is 170 Å². The van der Waals surface area contributed by atoms with Gasteiger partial charge in [-0.1, -0.05) is 18.2 Å². The SMILES string of the molecule is CSc1ccc(C=CC(=O)Nc2ccc3c(c2)CN(C(=O)C2CC2)CC3)cc1. The first-order valence-corrected chi connectivity index (χ1v) is 10.9. The van der Waals surface area contributed by atoms with Gasteiger partial charge in [0.15, 0.2) is 0 Å². The van der Waals surface area contributed by atoms with Crippen molar-refractivity contribution in [2.24, 2.45) is 5.92 Å². The number of fused-ring (bicyclic) bond motifs is 1. The van der Waals surface area contributed by atoms with Crippen molar-refractivity contribution < 1.29 is 9.59 Å². The van der Waals surface area contributed by atoms with Crippen LogP contribution in [0.2, 0.25) is 0 Å². The number of carbonyl (C=O) groups excluding carboxylic acids is 2. The van der Waals surface area contributed by atoms with Crippen molar-refractivity contribution in [2.45, 2.75) is 30.7 Å². The van der Waals surface area contributed by atoms with E-state index in [4.69, 9.17) is 0 Å². The summed E-state index contributed by atoms with van der Waals surface area (Å²) in [6, 6.07) is 14.1. The Morgan fingerprint density at radius 2 is 1.89 bits per heavy atom. The molecule has 1 aliphatic carbocycles. The molecule has 0 spiro atoms. The van der Waals surface area contributed by atoms with Crippen molar-refractivity contribution in [1.82, 2.24) is 4.90 Å². The Morgan fingerprint density at radius 3 is 2.61 bits per heavy atom. The molecule has 0 atom stereocenters. The third-order valence-electron chi connectivity index (χ3n) is 5.27. The van der Waals surface area contributed by atoms with E-state index in [0.29, 0.717) is 6.54 Å². The van der Waals surface area contributed by atoms with E-state index in [1.165, 1.54) is 10.5 Å². The molecule has 0 bridgehead atoms. The van der Waals surface area contributed by atoms with Crippen molar-refractivity contribution in [3.05, 3.63) is 65.2 Å². The number of hydrogen-bond acceptors (Lipinski definition) is 3. The first-order valence-electron chi connectivity index (χ1n) is 9.66. The van der Waals surface area contributed by atoms with E-state index >= 15 is 0 Å². The first kappa shape index (κ1) is 18.8. The third kappa shape index (κ3) is 4.47. The van der Waals surface area contributed by atoms with Crippen LogP contribution in [0, 0.1) is 5.92 Å². The van der Waals surface area contributed by atoms with E-state index in [9.17, 15) is 9.59 Å². The molecule has 2 amide bonds. The second kappa shape index (κ2) is 8.23. The van der Waals surface area contributed by atoms with Crippen LogP contribution in [-0.2, 0) is 22.6 Å². The van der Waals surface area contributed by atoms with E-state index in [2.05, 4.69) is 11.4 Å². The van der Waals surface area contributed by atoms with Crippen LogP contribution in [0.15, 0.2) is 53.4 Å². The van der Waals surface area contributed by atoms with Gasteiger partial charge in [0.05, 0.1) is 0 Å². The third-order valence-corrected chi connectivity index (χ3v) is 6.01. The fourth-order valence-corrected chi connectivity index (χ4v) is 3.89. The monoisotopic (exact) mass is 392 g/mol. The predicted molar refractivity (Wildman–Crippen MR) is 114 cm³/mol. The van der Waals surface area contributed by atoms with Crippen molar-refractivity contribution in [3.63, 3.8) is 0 Å². The minimum atomic E-state index is -0.157. The van der Waals surface area contributed by atoms with Crippen molar-refractivity contribution in [2.75, 3.05) is 18.1 Å². The standard InChI is InChI=1S/C23H24N2O2S/c1-28-21-9-2-16(3-10-21)4-11-22(26)24-20-8-7-17-12-13-25(15-19(17)14-20)23(27)18-5-6-18/h2-4,7-11,14,18H,5-6,12-13,15H2,1H3,(H,24,26). The average molecular weight is 393 g/mol. The van der Waals surface area contributed by atoms with Gasteiger partial charge in [-0.05, 0) is 72.6 Å². The summed E-state index contributed by atoms with van der Waals surface area (Å²) in [5.74, 6) is 0.380. The van der Waals surface area contributed by atoms with E-state index < -0.39 is 0 Å². The Hall–Kier alpha value is -2.53. The molecular formula is C23H24N2O2S. The number of benzene rings is 2. The summed E-state index contributed by atoms with van der Waals surface area (Å²) in [6.07, 6.45) is 8.35. The summed E-state index contributed by atoms with van der Waals surface area (Å²) in [5, 5.41) is 2.93. The molecule has 1 saturated carbocycles. The zero-order valence-corrected chi connectivity index (χ0v) is 16.8. The molecular weight excluding hydrogens is 368 g/mol. The number of amides is 2. The summed E-state index contributed by atoms with van der Waals surface area (Å²) in [4.78, 5) is 27.8. The number of thioether (sulfide) groups is 1. The predicted octanol–water partition coefficient (Wildman–Crippen LogP) is 4.36. The Kier molecular flexibility index (Phi) is 5.53. The maximum absolute atomic E-state index is 12.3. The molecule has 1 heterocycles. The minimum Gasteiger partial charge on any atom is -0.338 e. The quantitative estimate of drug-likeness (QED) is 0.608. The topological polar surface area (TPSA) is 49.4 Å². The van der Waals surface area contributed by atoms with Gasteiger partial charge in [0.25, 0.3) is 0 Å². The summed E-state index contributed by atoms with van der Waals surface area (Å²) >= 11 is 1.69. The molecule has 2 aromatic rings. The maximum Gasteiger partial charge on any atom is 0.248 e. The lowest BCUT2D eigenvalue weighted by Crippen LogP contribution is -2.36. The average Bonchev–Trinajstić information content (AvgIpc) is 3.57. The smallest absolute Gasteiger partial charge is 0.248 e. The second-order valence-electron chi connectivity index (χ2n) is 7.36. The van der Waals surface area contributed by atoms with Crippen LogP contribution in [0.1, 0.15) is 29.5 Å². The zero-order valence-electron chi connectivity index (χ0n) is 16.0. The van der Waals surface area contributed by atoms with Gasteiger partial charge in [0, 0.05) is 35.7 Å². The van der Waals surface area contributed by atoms with Gasteiger partial charge in [0.1, 0.15) is 0 Å². The van der Waals surface area contributed by atoms with Crippen LogP contribution < -0.4 is 5.32 Å². The summed E-state index contributed by atoms with van der Waals surface area (Å²) in [6.45, 7) is 1.44. The largest absolute Gasteiger partial charge is 0.338 e. The van der Waals surface area contributed by atoms with E-state index in [1.807, 2.05) is 53.6 Å². The number of rotatable bonds is 5. The summed E-state index contributed by atoms with van der Waals surface area (Å²) in [5.41, 5.74) is 4.16. The lowest BCUT2D eigenvalue weighted by atomic mass is 9.98. The molecule has 28 heavy (non-hydrogen) atoms. The van der Waals surface area contributed by atoms with Gasteiger partial charge in [-0.25, -0.2) is 0 Å². The molecule has 2 aromatic carbocycles. The maximum atomic E-state index is 12.3. The summed E-state index contributed by atoms with van der Waals surface area (Å²) < 4.78 is 0. The van der Waals surface area contributed by atoms with Gasteiger partial charge in [-0.15, -0.1) is 11.8 Å². The molecule has 0 unspecified atom stereocenters. The number of nitrogens with one attached hydrogen (secondary N) is 1. The number of carbonyl (C=O) groups is 2. The number of hydrogen-bond donors (Lipinski definition) is 1. The van der Waals surface area contributed by atoms with Crippen LogP contribution in [0.5, 0.6) is 0 Å². The Morgan fingerprint density at radius 1 is 1.11 bits per heavy atom. The van der Waals surface area contributed by atoms with Crippen molar-refractivity contribution in [1.29, 1.82) is 0 Å². The highest BCUT2D eigenvalue weighted by Crippen LogP contribution is 2.33. The van der Waals surface area contributed by atoms with Crippen LogP contribution in [0.3, 0.4) is 0 Å². The highest BCUT2D eigenvalue weighted by molar-refractivity contribution is 7.98. The number of nitrogens with zero attached hydrogens (tertiary/aromatic N) is 1. The molecule has 4 rings (SSSR count). The van der Waals surface area contributed by atoms with E-state index in [-0.39, 0.29) is 17.7 Å². The van der Waals surface area contributed by atoms with Gasteiger partial charge >= 0.3 is 0 Å². The van der Waals surface area contributed by atoms with Gasteiger partial charge in [-0.3, -0.25) is 9.59 Å². The first-order chi connectivity index (χ1) is 13.6. The highest BCUT2D eigenvalue weighted by Gasteiger charge is 2.34. The van der Waals surface area contributed by atoms with Gasteiger partial charge in [0.2, 0.25) is 11.8 Å².